The summed E-state index contributed by atoms with van der Waals surface area (Å²) in [6.07, 6.45) is -4.98. The van der Waals surface area contributed by atoms with Crippen LogP contribution in [-0.4, -0.2) is 48.9 Å². The van der Waals surface area contributed by atoms with Crippen LogP contribution in [0, 0.1) is 5.82 Å². The number of halogens is 5. The second kappa shape index (κ2) is 9.96. The first-order chi connectivity index (χ1) is 15.7. The second-order valence-electron chi connectivity index (χ2n) is 8.00. The topological polar surface area (TPSA) is 82.8 Å². The number of benzene rings is 1. The Bertz CT molecular complexity index is 972. The summed E-state index contributed by atoms with van der Waals surface area (Å²) >= 11 is 5.70. The van der Waals surface area contributed by atoms with E-state index in [0.717, 1.165) is 0 Å². The molecule has 0 radical (unpaired) electrons. The number of carbonyl (C=O) groups excluding carboxylic acids is 1. The summed E-state index contributed by atoms with van der Waals surface area (Å²) in [7, 11) is 0. The predicted molar refractivity (Wildman–Crippen MR) is 107 cm³/mol. The number of carbonyl (C=O) groups is 1. The molecule has 1 saturated carbocycles. The van der Waals surface area contributed by atoms with Gasteiger partial charge in [-0.15, -0.1) is 13.2 Å². The minimum Gasteiger partial charge on any atom is -0.368 e. The molecule has 2 fully saturated rings. The van der Waals surface area contributed by atoms with Crippen molar-refractivity contribution in [2.24, 2.45) is 0 Å². The van der Waals surface area contributed by atoms with Crippen molar-refractivity contribution in [3.8, 4) is 11.3 Å². The number of nitrogens with one attached hydrogen (secondary N) is 1. The van der Waals surface area contributed by atoms with Crippen LogP contribution in [-0.2, 0) is 19.0 Å². The molecule has 4 rings (SSSR count). The average molecular weight is 493 g/mol. The van der Waals surface area contributed by atoms with Gasteiger partial charge in [0, 0.05) is 24.5 Å². The third kappa shape index (κ3) is 6.44. The van der Waals surface area contributed by atoms with E-state index in [2.05, 4.69) is 15.2 Å². The van der Waals surface area contributed by atoms with Crippen LogP contribution in [0.4, 0.5) is 17.6 Å². The van der Waals surface area contributed by atoms with Crippen molar-refractivity contribution in [3.63, 3.8) is 0 Å². The van der Waals surface area contributed by atoms with Gasteiger partial charge in [-0.3, -0.25) is 9.53 Å². The molecule has 12 heteroatoms. The van der Waals surface area contributed by atoms with Gasteiger partial charge in [0.05, 0.1) is 29.9 Å². The Kier molecular flexibility index (Phi) is 7.22. The summed E-state index contributed by atoms with van der Waals surface area (Å²) < 4.78 is 70.3. The van der Waals surface area contributed by atoms with Crippen LogP contribution in [0.1, 0.15) is 37.5 Å². The van der Waals surface area contributed by atoms with Gasteiger partial charge in [0.15, 0.2) is 5.76 Å². The molecule has 0 bridgehead atoms. The van der Waals surface area contributed by atoms with Gasteiger partial charge in [-0.25, -0.2) is 4.39 Å². The van der Waals surface area contributed by atoms with Crippen LogP contribution in [0.15, 0.2) is 28.8 Å². The fraction of sp³-hybridized carbons (Fsp3) is 0.524. The van der Waals surface area contributed by atoms with Crippen molar-refractivity contribution < 1.29 is 41.1 Å². The number of amides is 1. The summed E-state index contributed by atoms with van der Waals surface area (Å²) in [4.78, 5) is 12.1. The summed E-state index contributed by atoms with van der Waals surface area (Å²) in [5, 5.41) is 6.76. The molecule has 1 N–H and O–H groups in total. The van der Waals surface area contributed by atoms with Gasteiger partial charge in [0.2, 0.25) is 5.91 Å². The van der Waals surface area contributed by atoms with Crippen LogP contribution in [0.5, 0.6) is 0 Å². The van der Waals surface area contributed by atoms with Crippen molar-refractivity contribution >= 4 is 17.5 Å². The lowest BCUT2D eigenvalue weighted by Crippen LogP contribution is -2.45. The van der Waals surface area contributed by atoms with Gasteiger partial charge < -0.3 is 19.3 Å². The Labute approximate surface area is 191 Å². The van der Waals surface area contributed by atoms with Gasteiger partial charge >= 0.3 is 6.36 Å². The molecular formula is C21H21ClF4N2O5. The number of hydrogen-bond acceptors (Lipinski definition) is 6. The summed E-state index contributed by atoms with van der Waals surface area (Å²) in [6, 6.07) is 5.79. The summed E-state index contributed by atoms with van der Waals surface area (Å²) in [5.41, 5.74) is 0.978. The number of ether oxygens (including phenoxy) is 3. The molecule has 1 aromatic carbocycles. The standard InChI is InChI=1S/C21H21ClF4N2O5/c22-15-3-1-11(5-16(15)23)17-8-19(33-28-17)18-4-2-12(9-31-18)27-20(29)10-30-13-6-14(7-13)32-21(24,25)26/h1,3,5,8,12-14,18H,2,4,6-7,9-10H2,(H,27,29)/t12-,13-,14+,18+/m0/s1. The average Bonchev–Trinajstić information content (AvgIpc) is 3.21. The van der Waals surface area contributed by atoms with Crippen molar-refractivity contribution in [1.82, 2.24) is 10.5 Å². The summed E-state index contributed by atoms with van der Waals surface area (Å²) in [6.45, 7) is -0.000608. The van der Waals surface area contributed by atoms with Crippen LogP contribution in [0.2, 0.25) is 5.02 Å². The van der Waals surface area contributed by atoms with Crippen molar-refractivity contribution in [2.45, 2.75) is 56.4 Å². The van der Waals surface area contributed by atoms with Crippen LogP contribution in [0.25, 0.3) is 11.3 Å². The second-order valence-corrected chi connectivity index (χ2v) is 8.40. The Balaban J connectivity index is 1.17. The predicted octanol–water partition coefficient (Wildman–Crippen LogP) is 4.55. The third-order valence-corrected chi connectivity index (χ3v) is 5.81. The number of hydrogen-bond donors (Lipinski definition) is 1. The van der Waals surface area contributed by atoms with E-state index in [1.54, 1.807) is 12.1 Å². The van der Waals surface area contributed by atoms with Crippen LogP contribution < -0.4 is 5.32 Å². The molecule has 0 unspecified atom stereocenters. The van der Waals surface area contributed by atoms with E-state index in [1.807, 2.05) is 0 Å². The largest absolute Gasteiger partial charge is 0.522 e. The lowest BCUT2D eigenvalue weighted by atomic mass is 9.92. The molecule has 2 aromatic rings. The normalized spacial score (nSPS) is 25.5. The van der Waals surface area contributed by atoms with Crippen molar-refractivity contribution in [1.29, 1.82) is 0 Å². The minimum atomic E-state index is -4.66. The van der Waals surface area contributed by atoms with E-state index >= 15 is 0 Å². The van der Waals surface area contributed by atoms with Crippen molar-refractivity contribution in [2.75, 3.05) is 13.2 Å². The quantitative estimate of drug-likeness (QED) is 0.571. The van der Waals surface area contributed by atoms with Gasteiger partial charge in [0.25, 0.3) is 0 Å². The van der Waals surface area contributed by atoms with E-state index < -0.39 is 24.4 Å². The fourth-order valence-electron chi connectivity index (χ4n) is 3.72. The lowest BCUT2D eigenvalue weighted by molar-refractivity contribution is -0.357. The van der Waals surface area contributed by atoms with Gasteiger partial charge in [-0.2, -0.15) is 0 Å². The first-order valence-corrected chi connectivity index (χ1v) is 10.7. The number of nitrogens with zero attached hydrogens (tertiary/aromatic N) is 1. The monoisotopic (exact) mass is 492 g/mol. The molecule has 1 amide bonds. The highest BCUT2D eigenvalue weighted by Gasteiger charge is 2.40. The fourth-order valence-corrected chi connectivity index (χ4v) is 3.84. The van der Waals surface area contributed by atoms with E-state index in [-0.39, 0.29) is 49.1 Å². The third-order valence-electron chi connectivity index (χ3n) is 5.50. The zero-order chi connectivity index (χ0) is 23.6. The van der Waals surface area contributed by atoms with E-state index in [4.69, 9.17) is 25.6 Å². The number of alkyl halides is 3. The molecule has 33 heavy (non-hydrogen) atoms. The maximum Gasteiger partial charge on any atom is 0.522 e. The molecule has 1 aliphatic carbocycles. The zero-order valence-corrected chi connectivity index (χ0v) is 18.0. The first-order valence-electron chi connectivity index (χ1n) is 10.4. The molecule has 7 nitrogen and oxygen atoms in total. The number of rotatable bonds is 7. The molecule has 2 aliphatic rings. The molecule has 1 aromatic heterocycles. The highest BCUT2D eigenvalue weighted by atomic mass is 35.5. The van der Waals surface area contributed by atoms with E-state index in [9.17, 15) is 22.4 Å². The van der Waals surface area contributed by atoms with Crippen LogP contribution >= 0.6 is 11.6 Å². The van der Waals surface area contributed by atoms with E-state index in [1.165, 1.54) is 12.1 Å². The smallest absolute Gasteiger partial charge is 0.368 e. The Morgan fingerprint density at radius 2 is 2.00 bits per heavy atom. The van der Waals surface area contributed by atoms with Gasteiger partial charge in [0.1, 0.15) is 24.2 Å². The first kappa shape index (κ1) is 23.9. The summed E-state index contributed by atoms with van der Waals surface area (Å²) in [5.74, 6) is -0.426. The van der Waals surface area contributed by atoms with Crippen molar-refractivity contribution in [3.05, 3.63) is 40.9 Å². The van der Waals surface area contributed by atoms with Crippen LogP contribution in [0.3, 0.4) is 0 Å². The molecule has 2 atom stereocenters. The Morgan fingerprint density at radius 1 is 1.21 bits per heavy atom. The molecule has 1 saturated heterocycles. The SMILES string of the molecule is O=C(CO[C@H]1C[C@@H](OC(F)(F)F)C1)N[C@H]1CC[C@H](c2cc(-c3ccc(Cl)c(F)c3)no2)OC1. The molecule has 2 heterocycles. The maximum absolute atomic E-state index is 13.7. The number of aromatic nitrogens is 1. The minimum absolute atomic E-state index is 0.0175. The maximum atomic E-state index is 13.7. The lowest BCUT2D eigenvalue weighted by Gasteiger charge is -2.35. The molecule has 180 valence electrons. The molecule has 1 aliphatic heterocycles. The molecule has 0 spiro atoms. The highest BCUT2D eigenvalue weighted by Crippen LogP contribution is 2.33. The molecular weight excluding hydrogens is 472 g/mol. The van der Waals surface area contributed by atoms with Gasteiger partial charge in [-0.05, 0) is 25.0 Å². The Hall–Kier alpha value is -2.21. The van der Waals surface area contributed by atoms with Gasteiger partial charge in [-0.1, -0.05) is 22.8 Å². The Morgan fingerprint density at radius 3 is 2.67 bits per heavy atom. The van der Waals surface area contributed by atoms with E-state index in [0.29, 0.717) is 29.9 Å². The zero-order valence-electron chi connectivity index (χ0n) is 17.2. The highest BCUT2D eigenvalue weighted by molar-refractivity contribution is 6.30.